The third kappa shape index (κ3) is 5.36. The van der Waals surface area contributed by atoms with Crippen molar-refractivity contribution in [2.45, 2.75) is 49.6 Å². The summed E-state index contributed by atoms with van der Waals surface area (Å²) in [7, 11) is 8.51. The predicted octanol–water partition coefficient (Wildman–Crippen LogP) is 0.0921. The highest BCUT2D eigenvalue weighted by Gasteiger charge is 2.39. The molecule has 0 aromatic carbocycles. The molecule has 0 aromatic rings. The summed E-state index contributed by atoms with van der Waals surface area (Å²) in [6, 6.07) is -0.892. The molecule has 2 heterocycles. The number of methoxy groups -OCH3 is 1. The lowest BCUT2D eigenvalue weighted by atomic mass is 9.96. The maximum atomic E-state index is 12.0. The smallest absolute Gasteiger partial charge is 0.382 e. The largest absolute Gasteiger partial charge is 0.472 e. The van der Waals surface area contributed by atoms with Crippen LogP contribution in [0.3, 0.4) is 0 Å². The fraction of sp³-hybridized carbons (Fsp3) is 1.00. The highest BCUT2D eigenvalue weighted by atomic mass is 31.2. The molecule has 0 aromatic heterocycles. The van der Waals surface area contributed by atoms with Gasteiger partial charge in [-0.15, -0.1) is 0 Å². The van der Waals surface area contributed by atoms with Crippen molar-refractivity contribution in [2.24, 2.45) is 0 Å². The molecular weight excluding hydrogens is 297 g/mol. The second-order valence-electron chi connectivity index (χ2n) is 5.19. The van der Waals surface area contributed by atoms with Crippen LogP contribution in [-0.4, -0.2) is 71.2 Å². The van der Waals surface area contributed by atoms with Crippen LogP contribution in [0.5, 0.6) is 0 Å². The quantitative estimate of drug-likeness (QED) is 0.526. The molecule has 2 rings (SSSR count). The van der Waals surface area contributed by atoms with Crippen molar-refractivity contribution in [3.63, 3.8) is 0 Å². The SMILES string of the molecule is [B][C@H]1CC[C@@H](COP(=O)(O)OC2C[C@H]([B])O[C@@H]2COC)O1. The molecule has 0 spiro atoms. The molecule has 1 N–H and O–H groups in total. The Labute approximate surface area is 127 Å². The second kappa shape index (κ2) is 7.59. The van der Waals surface area contributed by atoms with Crippen LogP contribution in [0, 0.1) is 0 Å². The molecule has 2 fully saturated rings. The third-order valence-corrected chi connectivity index (χ3v) is 4.40. The summed E-state index contributed by atoms with van der Waals surface area (Å²) < 4.78 is 37.7. The van der Waals surface area contributed by atoms with Crippen LogP contribution in [0.2, 0.25) is 0 Å². The number of ether oxygens (including phenoxy) is 3. The minimum Gasteiger partial charge on any atom is -0.382 e. The molecule has 21 heavy (non-hydrogen) atoms. The van der Waals surface area contributed by atoms with Crippen molar-refractivity contribution in [1.29, 1.82) is 0 Å². The monoisotopic (exact) mass is 316 g/mol. The number of phosphoric acid groups is 1. The van der Waals surface area contributed by atoms with E-state index < -0.39 is 26.0 Å². The fourth-order valence-corrected chi connectivity index (χ4v) is 3.38. The van der Waals surface area contributed by atoms with Crippen LogP contribution < -0.4 is 0 Å². The van der Waals surface area contributed by atoms with Gasteiger partial charge in [0.15, 0.2) is 0 Å². The Balaban J connectivity index is 1.80. The first-order chi connectivity index (χ1) is 9.89. The molecule has 2 saturated heterocycles. The lowest BCUT2D eigenvalue weighted by Gasteiger charge is -2.22. The lowest BCUT2D eigenvalue weighted by molar-refractivity contribution is -0.0240. The Bertz CT molecular complexity index is 386. The van der Waals surface area contributed by atoms with Crippen molar-refractivity contribution in [3.05, 3.63) is 0 Å². The van der Waals surface area contributed by atoms with Crippen LogP contribution in [0.25, 0.3) is 0 Å². The molecule has 0 bridgehead atoms. The molecule has 4 radical (unpaired) electrons. The van der Waals surface area contributed by atoms with Crippen LogP contribution >= 0.6 is 7.82 Å². The van der Waals surface area contributed by atoms with E-state index in [-0.39, 0.29) is 25.3 Å². The van der Waals surface area contributed by atoms with Crippen molar-refractivity contribution in [2.75, 3.05) is 20.3 Å². The topological polar surface area (TPSA) is 83.5 Å². The second-order valence-corrected chi connectivity index (χ2v) is 6.59. The predicted molar refractivity (Wildman–Crippen MR) is 75.2 cm³/mol. The zero-order valence-electron chi connectivity index (χ0n) is 11.9. The van der Waals surface area contributed by atoms with E-state index in [0.29, 0.717) is 19.3 Å². The van der Waals surface area contributed by atoms with Crippen molar-refractivity contribution in [1.82, 2.24) is 0 Å². The molecule has 2 unspecified atom stereocenters. The molecule has 0 aliphatic carbocycles. The lowest BCUT2D eigenvalue weighted by Crippen LogP contribution is -2.28. The normalized spacial score (nSPS) is 39.4. The Kier molecular flexibility index (Phi) is 6.32. The van der Waals surface area contributed by atoms with Gasteiger partial charge in [-0.1, -0.05) is 0 Å². The summed E-state index contributed by atoms with van der Waals surface area (Å²) in [6.07, 6.45) is 0.248. The molecule has 10 heteroatoms. The zero-order chi connectivity index (χ0) is 15.5. The van der Waals surface area contributed by atoms with Gasteiger partial charge in [0, 0.05) is 19.1 Å². The van der Waals surface area contributed by atoms with E-state index in [1.807, 2.05) is 0 Å². The fourth-order valence-electron chi connectivity index (χ4n) is 2.41. The number of hydrogen-bond acceptors (Lipinski definition) is 6. The highest BCUT2D eigenvalue weighted by Crippen LogP contribution is 2.47. The molecular formula is C11H19B2O7P. The third-order valence-electron chi connectivity index (χ3n) is 3.39. The zero-order valence-corrected chi connectivity index (χ0v) is 12.8. The van der Waals surface area contributed by atoms with E-state index in [2.05, 4.69) is 0 Å². The van der Waals surface area contributed by atoms with E-state index >= 15 is 0 Å². The number of hydrogen-bond donors (Lipinski definition) is 1. The highest BCUT2D eigenvalue weighted by molar-refractivity contribution is 7.47. The Morgan fingerprint density at radius 2 is 2.00 bits per heavy atom. The summed E-state index contributed by atoms with van der Waals surface area (Å²) in [5, 5.41) is 0. The van der Waals surface area contributed by atoms with Gasteiger partial charge < -0.3 is 19.1 Å². The average Bonchev–Trinajstić information content (AvgIpc) is 2.94. The molecule has 6 atom stereocenters. The van der Waals surface area contributed by atoms with E-state index in [9.17, 15) is 9.46 Å². The van der Waals surface area contributed by atoms with E-state index in [0.717, 1.165) is 0 Å². The molecule has 116 valence electrons. The maximum Gasteiger partial charge on any atom is 0.472 e. The Morgan fingerprint density at radius 1 is 1.24 bits per heavy atom. The molecule has 7 nitrogen and oxygen atoms in total. The first-order valence-electron chi connectivity index (χ1n) is 6.86. The van der Waals surface area contributed by atoms with E-state index in [4.69, 9.17) is 39.0 Å². The van der Waals surface area contributed by atoms with E-state index in [1.165, 1.54) is 7.11 Å². The Morgan fingerprint density at radius 3 is 2.62 bits per heavy atom. The van der Waals surface area contributed by atoms with Gasteiger partial charge >= 0.3 is 7.82 Å². The molecule has 2 aliphatic heterocycles. The van der Waals surface area contributed by atoms with Gasteiger partial charge in [-0.2, -0.15) is 0 Å². The van der Waals surface area contributed by atoms with Gasteiger partial charge in [-0.3, -0.25) is 9.05 Å². The molecule has 2 aliphatic rings. The van der Waals surface area contributed by atoms with Crippen molar-refractivity contribution >= 4 is 23.5 Å². The van der Waals surface area contributed by atoms with Gasteiger partial charge in [0.05, 0.1) is 25.4 Å². The van der Waals surface area contributed by atoms with Gasteiger partial charge in [-0.25, -0.2) is 4.57 Å². The van der Waals surface area contributed by atoms with E-state index in [1.54, 1.807) is 0 Å². The summed E-state index contributed by atoms with van der Waals surface area (Å²) in [5.74, 6) is 0. The number of rotatable bonds is 7. The van der Waals surface area contributed by atoms with Crippen molar-refractivity contribution in [3.8, 4) is 0 Å². The van der Waals surface area contributed by atoms with Gasteiger partial charge in [0.2, 0.25) is 0 Å². The van der Waals surface area contributed by atoms with Gasteiger partial charge in [0.1, 0.15) is 21.8 Å². The molecule has 0 saturated carbocycles. The van der Waals surface area contributed by atoms with Crippen LogP contribution in [0.1, 0.15) is 19.3 Å². The average molecular weight is 316 g/mol. The first-order valence-corrected chi connectivity index (χ1v) is 8.36. The number of phosphoric ester groups is 1. The Hall–Kier alpha value is 0.120. The van der Waals surface area contributed by atoms with Gasteiger partial charge in [-0.05, 0) is 19.3 Å². The summed E-state index contributed by atoms with van der Waals surface area (Å²) >= 11 is 0. The maximum absolute atomic E-state index is 12.0. The first kappa shape index (κ1) is 17.5. The minimum absolute atomic E-state index is 0.0456. The summed E-state index contributed by atoms with van der Waals surface area (Å²) in [4.78, 5) is 9.76. The minimum atomic E-state index is -4.21. The van der Waals surface area contributed by atoms with Crippen LogP contribution in [0.4, 0.5) is 0 Å². The standard InChI is InChI=1S/C11H19B2O7P/c1-16-6-9-8(4-11(13)19-9)20-21(14,15)17-5-7-2-3-10(12)18-7/h7-11H,2-6H2,1H3,(H,14,15)/t7-,8?,9+,10+,11+/m0/s1. The van der Waals surface area contributed by atoms with Crippen LogP contribution in [-0.2, 0) is 27.8 Å². The van der Waals surface area contributed by atoms with Gasteiger partial charge in [0.25, 0.3) is 0 Å². The molecule has 0 amide bonds. The summed E-state index contributed by atoms with van der Waals surface area (Å²) in [5.41, 5.74) is 0. The summed E-state index contributed by atoms with van der Waals surface area (Å²) in [6.45, 7) is 0.176. The van der Waals surface area contributed by atoms with Crippen LogP contribution in [0.15, 0.2) is 0 Å². The van der Waals surface area contributed by atoms with Crippen molar-refractivity contribution < 1.29 is 32.7 Å².